The van der Waals surface area contributed by atoms with Crippen LogP contribution in [0.1, 0.15) is 32.6 Å². The molecule has 20 heavy (non-hydrogen) atoms. The minimum atomic E-state index is 0.570. The summed E-state index contributed by atoms with van der Waals surface area (Å²) in [6.07, 6.45) is 5.03. The minimum absolute atomic E-state index is 0.570. The van der Waals surface area contributed by atoms with Crippen molar-refractivity contribution in [2.24, 2.45) is 5.92 Å². The van der Waals surface area contributed by atoms with Gasteiger partial charge in [0.05, 0.1) is 6.61 Å². The average Bonchev–Trinajstić information content (AvgIpc) is 2.62. The highest BCUT2D eigenvalue weighted by Crippen LogP contribution is 2.23. The number of likely N-dealkylation sites (N-methyl/N-ethyl adjacent to an activating group) is 2. The van der Waals surface area contributed by atoms with Gasteiger partial charge in [-0.1, -0.05) is 6.92 Å². The zero-order chi connectivity index (χ0) is 14.4. The molecule has 2 heterocycles. The molecule has 0 aliphatic carbocycles. The SMILES string of the molecule is CCCNC(C1CCCOC1)C1CN(C)CCCN1C. The largest absolute Gasteiger partial charge is 0.381 e. The van der Waals surface area contributed by atoms with Crippen LogP contribution in [0.15, 0.2) is 0 Å². The quantitative estimate of drug-likeness (QED) is 0.826. The third-order valence-electron chi connectivity index (χ3n) is 4.86. The van der Waals surface area contributed by atoms with Crippen molar-refractivity contribution in [1.29, 1.82) is 0 Å². The zero-order valence-electron chi connectivity index (χ0n) is 13.6. The van der Waals surface area contributed by atoms with E-state index in [4.69, 9.17) is 4.74 Å². The summed E-state index contributed by atoms with van der Waals surface area (Å²) in [5.41, 5.74) is 0. The van der Waals surface area contributed by atoms with E-state index in [9.17, 15) is 0 Å². The van der Waals surface area contributed by atoms with E-state index in [-0.39, 0.29) is 0 Å². The van der Waals surface area contributed by atoms with Gasteiger partial charge < -0.3 is 19.9 Å². The Morgan fingerprint density at radius 3 is 2.80 bits per heavy atom. The molecule has 4 heteroatoms. The van der Waals surface area contributed by atoms with Crippen LogP contribution in [0.25, 0.3) is 0 Å². The van der Waals surface area contributed by atoms with Gasteiger partial charge in [0, 0.05) is 25.2 Å². The summed E-state index contributed by atoms with van der Waals surface area (Å²) in [5, 5.41) is 3.84. The van der Waals surface area contributed by atoms with Gasteiger partial charge in [-0.15, -0.1) is 0 Å². The summed E-state index contributed by atoms with van der Waals surface area (Å²) in [5.74, 6) is 0.675. The molecular formula is C16H33N3O. The molecule has 3 unspecified atom stereocenters. The van der Waals surface area contributed by atoms with E-state index in [2.05, 4.69) is 36.1 Å². The lowest BCUT2D eigenvalue weighted by Crippen LogP contribution is -2.57. The van der Waals surface area contributed by atoms with E-state index in [0.717, 1.165) is 19.8 Å². The fraction of sp³-hybridized carbons (Fsp3) is 1.00. The smallest absolute Gasteiger partial charge is 0.0509 e. The van der Waals surface area contributed by atoms with Crippen molar-refractivity contribution in [3.05, 3.63) is 0 Å². The molecule has 2 saturated heterocycles. The molecule has 2 aliphatic heterocycles. The van der Waals surface area contributed by atoms with Crippen LogP contribution in [0.5, 0.6) is 0 Å². The summed E-state index contributed by atoms with van der Waals surface area (Å²) in [4.78, 5) is 5.07. The molecule has 118 valence electrons. The summed E-state index contributed by atoms with van der Waals surface area (Å²) in [7, 11) is 4.56. The molecule has 0 aromatic rings. The highest BCUT2D eigenvalue weighted by Gasteiger charge is 2.34. The number of ether oxygens (including phenoxy) is 1. The number of hydrogen-bond donors (Lipinski definition) is 1. The molecular weight excluding hydrogens is 250 g/mol. The first-order chi connectivity index (χ1) is 9.72. The van der Waals surface area contributed by atoms with Gasteiger partial charge in [0.15, 0.2) is 0 Å². The van der Waals surface area contributed by atoms with E-state index < -0.39 is 0 Å². The summed E-state index contributed by atoms with van der Waals surface area (Å²) >= 11 is 0. The van der Waals surface area contributed by atoms with Gasteiger partial charge in [0.1, 0.15) is 0 Å². The average molecular weight is 283 g/mol. The molecule has 0 amide bonds. The third-order valence-corrected chi connectivity index (χ3v) is 4.86. The predicted molar refractivity (Wildman–Crippen MR) is 84.2 cm³/mol. The van der Waals surface area contributed by atoms with Crippen molar-refractivity contribution >= 4 is 0 Å². The number of nitrogens with one attached hydrogen (secondary N) is 1. The number of hydrogen-bond acceptors (Lipinski definition) is 4. The van der Waals surface area contributed by atoms with Crippen LogP contribution in [0.4, 0.5) is 0 Å². The molecule has 0 bridgehead atoms. The lowest BCUT2D eigenvalue weighted by atomic mass is 9.87. The van der Waals surface area contributed by atoms with Gasteiger partial charge in [-0.2, -0.15) is 0 Å². The monoisotopic (exact) mass is 283 g/mol. The van der Waals surface area contributed by atoms with Gasteiger partial charge >= 0.3 is 0 Å². The van der Waals surface area contributed by atoms with Crippen LogP contribution in [0, 0.1) is 5.92 Å². The number of nitrogens with zero attached hydrogens (tertiary/aromatic N) is 2. The molecule has 2 rings (SSSR count). The van der Waals surface area contributed by atoms with Crippen LogP contribution in [-0.2, 0) is 4.74 Å². The molecule has 0 saturated carbocycles. The molecule has 0 aromatic carbocycles. The maximum absolute atomic E-state index is 5.76. The first-order valence-corrected chi connectivity index (χ1v) is 8.42. The van der Waals surface area contributed by atoms with Crippen LogP contribution in [0.3, 0.4) is 0 Å². The summed E-state index contributed by atoms with van der Waals surface area (Å²) in [6.45, 7) is 8.89. The normalized spacial score (nSPS) is 31.9. The topological polar surface area (TPSA) is 27.7 Å². The maximum Gasteiger partial charge on any atom is 0.0509 e. The van der Waals surface area contributed by atoms with Gasteiger partial charge in [-0.3, -0.25) is 0 Å². The molecule has 2 aliphatic rings. The Morgan fingerprint density at radius 1 is 1.25 bits per heavy atom. The molecule has 0 spiro atoms. The van der Waals surface area contributed by atoms with Gasteiger partial charge in [-0.25, -0.2) is 0 Å². The van der Waals surface area contributed by atoms with Crippen molar-refractivity contribution in [3.63, 3.8) is 0 Å². The Bertz CT molecular complexity index is 268. The van der Waals surface area contributed by atoms with Gasteiger partial charge in [0.25, 0.3) is 0 Å². The van der Waals surface area contributed by atoms with Crippen LogP contribution >= 0.6 is 0 Å². The van der Waals surface area contributed by atoms with Crippen LogP contribution in [0.2, 0.25) is 0 Å². The highest BCUT2D eigenvalue weighted by atomic mass is 16.5. The van der Waals surface area contributed by atoms with Crippen LogP contribution in [-0.4, -0.2) is 75.4 Å². The van der Waals surface area contributed by atoms with E-state index >= 15 is 0 Å². The lowest BCUT2D eigenvalue weighted by molar-refractivity contribution is 0.0193. The second-order valence-electron chi connectivity index (χ2n) is 6.62. The molecule has 4 nitrogen and oxygen atoms in total. The van der Waals surface area contributed by atoms with E-state index in [1.54, 1.807) is 0 Å². The summed E-state index contributed by atoms with van der Waals surface area (Å²) < 4.78 is 5.76. The Balaban J connectivity index is 2.05. The fourth-order valence-corrected chi connectivity index (χ4v) is 3.67. The first kappa shape index (κ1) is 16.2. The van der Waals surface area contributed by atoms with E-state index in [1.165, 1.54) is 45.3 Å². The van der Waals surface area contributed by atoms with Crippen molar-refractivity contribution in [1.82, 2.24) is 15.1 Å². The van der Waals surface area contributed by atoms with Crippen LogP contribution < -0.4 is 5.32 Å². The fourth-order valence-electron chi connectivity index (χ4n) is 3.67. The van der Waals surface area contributed by atoms with Crippen molar-refractivity contribution in [3.8, 4) is 0 Å². The Labute approximate surface area is 124 Å². The lowest BCUT2D eigenvalue weighted by Gasteiger charge is -2.40. The van der Waals surface area contributed by atoms with Gasteiger partial charge in [-0.05, 0) is 65.3 Å². The predicted octanol–water partition coefficient (Wildman–Crippen LogP) is 1.42. The standard InChI is InChI=1S/C16H33N3O/c1-4-8-17-16(14-7-5-11-20-13-14)15-12-18(2)9-6-10-19(15)3/h14-17H,4-13H2,1-3H3. The van der Waals surface area contributed by atoms with E-state index in [0.29, 0.717) is 18.0 Å². The summed E-state index contributed by atoms with van der Waals surface area (Å²) in [6, 6.07) is 1.18. The second kappa shape index (κ2) is 8.32. The molecule has 2 fully saturated rings. The minimum Gasteiger partial charge on any atom is -0.381 e. The first-order valence-electron chi connectivity index (χ1n) is 8.42. The third kappa shape index (κ3) is 4.42. The van der Waals surface area contributed by atoms with Gasteiger partial charge in [0.2, 0.25) is 0 Å². The number of rotatable bonds is 5. The van der Waals surface area contributed by atoms with E-state index in [1.807, 2.05) is 0 Å². The molecule has 1 N–H and O–H groups in total. The maximum atomic E-state index is 5.76. The Hall–Kier alpha value is -0.160. The molecule has 0 radical (unpaired) electrons. The second-order valence-corrected chi connectivity index (χ2v) is 6.62. The molecule has 0 aromatic heterocycles. The zero-order valence-corrected chi connectivity index (χ0v) is 13.6. The highest BCUT2D eigenvalue weighted by molar-refractivity contribution is 4.92. The van der Waals surface area contributed by atoms with Crippen molar-refractivity contribution < 1.29 is 4.74 Å². The van der Waals surface area contributed by atoms with Crippen molar-refractivity contribution in [2.75, 3.05) is 53.5 Å². The Morgan fingerprint density at radius 2 is 2.10 bits per heavy atom. The van der Waals surface area contributed by atoms with Crippen molar-refractivity contribution in [2.45, 2.75) is 44.7 Å². The Kier molecular flexibility index (Phi) is 6.75. The molecule has 3 atom stereocenters.